The van der Waals surface area contributed by atoms with Crippen molar-refractivity contribution in [2.24, 2.45) is 0 Å². The van der Waals surface area contributed by atoms with Crippen LogP contribution in [0.3, 0.4) is 0 Å². The van der Waals surface area contributed by atoms with E-state index in [4.69, 9.17) is 8.85 Å². The number of unbranched alkanes of at least 4 members (excludes halogenated alkanes) is 11. The molecular weight excluding hydrogens is 430 g/mol. The maximum atomic E-state index is 11.8. The molecule has 1 amide bonds. The topological polar surface area (TPSA) is 47.6 Å². The predicted molar refractivity (Wildman–Crippen MR) is 145 cm³/mol. The van der Waals surface area contributed by atoms with Gasteiger partial charge in [0, 0.05) is 6.92 Å². The second-order valence-corrected chi connectivity index (χ2v) is 20.2. The smallest absolute Gasteiger partial charge is 0.217 e. The minimum absolute atomic E-state index is 0.0304. The molecule has 0 radical (unpaired) electrons. The second kappa shape index (κ2) is 18.0. The quantitative estimate of drug-likeness (QED) is 0.109. The fraction of sp³-hybridized carbons (Fsp3) is 0.885. The summed E-state index contributed by atoms with van der Waals surface area (Å²) >= 11 is 0. The maximum Gasteiger partial charge on any atom is 0.217 e. The Labute approximate surface area is 202 Å². The van der Waals surface area contributed by atoms with Gasteiger partial charge in [-0.05, 0) is 52.1 Å². The zero-order chi connectivity index (χ0) is 24.5. The number of amides is 1. The molecule has 0 aliphatic heterocycles. The first-order chi connectivity index (χ1) is 14.9. The highest BCUT2D eigenvalue weighted by Gasteiger charge is 2.28. The number of allylic oxidation sites excluding steroid dienone is 1. The van der Waals surface area contributed by atoms with Crippen molar-refractivity contribution in [1.82, 2.24) is 5.32 Å². The summed E-state index contributed by atoms with van der Waals surface area (Å²) in [5.41, 5.74) is 0. The fourth-order valence-corrected chi connectivity index (χ4v) is 5.38. The van der Waals surface area contributed by atoms with Crippen LogP contribution in [-0.2, 0) is 13.6 Å². The lowest BCUT2D eigenvalue weighted by atomic mass is 10.0. The molecular formula is C26H55NO3Si2. The van der Waals surface area contributed by atoms with Crippen LogP contribution in [0, 0.1) is 0 Å². The van der Waals surface area contributed by atoms with Gasteiger partial charge in [0.1, 0.15) is 0 Å². The van der Waals surface area contributed by atoms with E-state index in [1.165, 1.54) is 70.6 Å². The number of carbonyl (C=O) groups excluding carboxylic acids is 1. The first-order valence-corrected chi connectivity index (χ1v) is 20.0. The molecule has 0 aromatic rings. The highest BCUT2D eigenvalue weighted by molar-refractivity contribution is 6.70. The lowest BCUT2D eigenvalue weighted by molar-refractivity contribution is -0.120. The lowest BCUT2D eigenvalue weighted by Gasteiger charge is -2.32. The Morgan fingerprint density at radius 3 is 1.75 bits per heavy atom. The summed E-state index contributed by atoms with van der Waals surface area (Å²) in [5, 5.41) is 3.08. The molecule has 0 aliphatic carbocycles. The Balaban J connectivity index is 4.42. The monoisotopic (exact) mass is 485 g/mol. The molecule has 0 fully saturated rings. The van der Waals surface area contributed by atoms with Gasteiger partial charge < -0.3 is 14.2 Å². The van der Waals surface area contributed by atoms with E-state index >= 15 is 0 Å². The Morgan fingerprint density at radius 2 is 1.31 bits per heavy atom. The molecule has 0 aliphatic rings. The van der Waals surface area contributed by atoms with Gasteiger partial charge in [-0.15, -0.1) is 0 Å². The van der Waals surface area contributed by atoms with E-state index in [1.807, 2.05) is 0 Å². The molecule has 0 rings (SSSR count). The van der Waals surface area contributed by atoms with E-state index in [-0.39, 0.29) is 18.1 Å². The maximum absolute atomic E-state index is 11.8. The Hall–Kier alpha value is -0.436. The van der Waals surface area contributed by atoms with Gasteiger partial charge in [-0.1, -0.05) is 83.3 Å². The second-order valence-electron chi connectivity index (χ2n) is 11.2. The third kappa shape index (κ3) is 21.4. The zero-order valence-electron chi connectivity index (χ0n) is 22.7. The van der Waals surface area contributed by atoms with Crippen molar-refractivity contribution in [2.75, 3.05) is 6.61 Å². The van der Waals surface area contributed by atoms with Crippen molar-refractivity contribution >= 4 is 22.5 Å². The summed E-state index contributed by atoms with van der Waals surface area (Å²) in [4.78, 5) is 11.8. The van der Waals surface area contributed by atoms with E-state index in [2.05, 4.69) is 63.7 Å². The van der Waals surface area contributed by atoms with Gasteiger partial charge in [0.05, 0.1) is 18.8 Å². The molecule has 190 valence electrons. The summed E-state index contributed by atoms with van der Waals surface area (Å²) in [5.74, 6) is -0.0304. The van der Waals surface area contributed by atoms with Gasteiger partial charge in [-0.25, -0.2) is 0 Å². The van der Waals surface area contributed by atoms with Gasteiger partial charge in [-0.3, -0.25) is 4.79 Å². The van der Waals surface area contributed by atoms with Crippen LogP contribution in [-0.4, -0.2) is 41.3 Å². The molecule has 0 spiro atoms. The van der Waals surface area contributed by atoms with Crippen LogP contribution in [0.15, 0.2) is 12.2 Å². The van der Waals surface area contributed by atoms with Crippen LogP contribution in [0.25, 0.3) is 0 Å². The molecule has 0 saturated carbocycles. The van der Waals surface area contributed by atoms with E-state index < -0.39 is 16.6 Å². The third-order valence-corrected chi connectivity index (χ3v) is 7.28. The standard InChI is InChI=1S/C26H55NO3Si2/c1-9-10-11-12-13-14-15-16-17-18-19-20-21-22-26(30-32(6,7)8)25(27-24(2)28)23-29-31(3,4)5/h21-22,25-26H,9-20,23H2,1-8H3,(H,27,28). The lowest BCUT2D eigenvalue weighted by Crippen LogP contribution is -2.50. The van der Waals surface area contributed by atoms with Gasteiger partial charge in [0.15, 0.2) is 16.6 Å². The van der Waals surface area contributed by atoms with E-state index in [0.29, 0.717) is 6.61 Å². The van der Waals surface area contributed by atoms with Crippen LogP contribution in [0.2, 0.25) is 39.3 Å². The van der Waals surface area contributed by atoms with E-state index in [0.717, 1.165) is 6.42 Å². The number of nitrogens with one attached hydrogen (secondary N) is 1. The van der Waals surface area contributed by atoms with Crippen LogP contribution >= 0.6 is 0 Å². The first-order valence-electron chi connectivity index (χ1n) is 13.2. The van der Waals surface area contributed by atoms with Crippen LogP contribution in [0.4, 0.5) is 0 Å². The van der Waals surface area contributed by atoms with Gasteiger partial charge in [0.25, 0.3) is 0 Å². The van der Waals surface area contributed by atoms with Crippen LogP contribution in [0.5, 0.6) is 0 Å². The van der Waals surface area contributed by atoms with Crippen molar-refractivity contribution in [3.05, 3.63) is 12.2 Å². The minimum Gasteiger partial charge on any atom is -0.415 e. The molecule has 1 N–H and O–H groups in total. The van der Waals surface area contributed by atoms with Crippen LogP contribution < -0.4 is 5.32 Å². The van der Waals surface area contributed by atoms with Gasteiger partial charge in [0.2, 0.25) is 5.91 Å². The molecule has 0 bridgehead atoms. The van der Waals surface area contributed by atoms with Crippen molar-refractivity contribution in [3.8, 4) is 0 Å². The van der Waals surface area contributed by atoms with Gasteiger partial charge in [-0.2, -0.15) is 0 Å². The van der Waals surface area contributed by atoms with Crippen molar-refractivity contribution in [3.63, 3.8) is 0 Å². The van der Waals surface area contributed by atoms with Crippen molar-refractivity contribution in [1.29, 1.82) is 0 Å². The third-order valence-electron chi connectivity index (χ3n) is 5.27. The molecule has 6 heteroatoms. The number of carbonyl (C=O) groups is 1. The molecule has 0 aromatic heterocycles. The van der Waals surface area contributed by atoms with Crippen molar-refractivity contribution in [2.45, 2.75) is 142 Å². The average molecular weight is 486 g/mol. The Morgan fingerprint density at radius 1 is 0.812 bits per heavy atom. The average Bonchev–Trinajstić information content (AvgIpc) is 2.66. The number of hydrogen-bond donors (Lipinski definition) is 1. The summed E-state index contributed by atoms with van der Waals surface area (Å²) in [6, 6.07) is -0.139. The van der Waals surface area contributed by atoms with Crippen LogP contribution in [0.1, 0.15) is 90.9 Å². The normalized spacial score (nSPS) is 14.6. The minimum atomic E-state index is -1.76. The summed E-state index contributed by atoms with van der Waals surface area (Å²) in [7, 11) is -3.43. The molecule has 4 nitrogen and oxygen atoms in total. The largest absolute Gasteiger partial charge is 0.415 e. The predicted octanol–water partition coefficient (Wildman–Crippen LogP) is 7.82. The van der Waals surface area contributed by atoms with Gasteiger partial charge >= 0.3 is 0 Å². The Kier molecular flexibility index (Phi) is 17.7. The molecule has 2 atom stereocenters. The van der Waals surface area contributed by atoms with Crippen molar-refractivity contribution < 1.29 is 13.6 Å². The van der Waals surface area contributed by atoms with E-state index in [9.17, 15) is 4.79 Å². The molecule has 2 unspecified atom stereocenters. The highest BCUT2D eigenvalue weighted by atomic mass is 28.4. The summed E-state index contributed by atoms with van der Waals surface area (Å²) < 4.78 is 12.6. The number of hydrogen-bond acceptors (Lipinski definition) is 3. The molecule has 0 aromatic carbocycles. The fourth-order valence-electron chi connectivity index (χ4n) is 3.64. The summed E-state index contributed by atoms with van der Waals surface area (Å²) in [6.45, 7) is 17.5. The molecule has 32 heavy (non-hydrogen) atoms. The van der Waals surface area contributed by atoms with E-state index in [1.54, 1.807) is 6.92 Å². The Bertz CT molecular complexity index is 498. The highest BCUT2D eigenvalue weighted by Crippen LogP contribution is 2.16. The molecule has 0 saturated heterocycles. The SMILES string of the molecule is CCCCCCCCCCCCCC=CC(O[Si](C)(C)C)C(CO[Si](C)(C)C)NC(C)=O. The summed E-state index contributed by atoms with van der Waals surface area (Å²) in [6.07, 6.45) is 20.4. The zero-order valence-corrected chi connectivity index (χ0v) is 24.7. The number of rotatable bonds is 20. The molecule has 0 heterocycles. The first kappa shape index (κ1) is 31.6.